The first kappa shape index (κ1) is 20.8. The van der Waals surface area contributed by atoms with Crippen LogP contribution in [-0.2, 0) is 14.8 Å². The minimum atomic E-state index is -3.58. The molecule has 0 bridgehead atoms. The van der Waals surface area contributed by atoms with Crippen LogP contribution in [0.4, 0.5) is 5.69 Å². The number of aryl methyl sites for hydroxylation is 1. The quantitative estimate of drug-likeness (QED) is 0.551. The van der Waals surface area contributed by atoms with Crippen LogP contribution in [0.3, 0.4) is 0 Å². The van der Waals surface area contributed by atoms with Crippen LogP contribution in [0.2, 0.25) is 5.02 Å². The summed E-state index contributed by atoms with van der Waals surface area (Å²) in [5, 5.41) is 3.21. The van der Waals surface area contributed by atoms with Gasteiger partial charge in [0.1, 0.15) is 5.75 Å². The molecule has 1 heterocycles. The first-order valence-electron chi connectivity index (χ1n) is 8.65. The molecule has 1 aliphatic rings. The Labute approximate surface area is 174 Å². The third-order valence-electron chi connectivity index (χ3n) is 4.17. The first-order chi connectivity index (χ1) is 13.2. The van der Waals surface area contributed by atoms with Crippen molar-refractivity contribution >= 4 is 45.0 Å². The Bertz CT molecular complexity index is 964. The molecule has 1 atom stereocenters. The average molecular weight is 441 g/mol. The fourth-order valence-corrected chi connectivity index (χ4v) is 4.61. The third kappa shape index (κ3) is 5.12. The predicted molar refractivity (Wildman–Crippen MR) is 113 cm³/mol. The van der Waals surface area contributed by atoms with E-state index in [4.69, 9.17) is 16.3 Å². The summed E-state index contributed by atoms with van der Waals surface area (Å²) < 4.78 is 31.2. The molecule has 0 unspecified atom stereocenters. The number of hydrogen-bond acceptors (Lipinski definition) is 5. The zero-order valence-electron chi connectivity index (χ0n) is 15.5. The number of halogens is 1. The number of hydrogen-bond donors (Lipinski definition) is 1. The van der Waals surface area contributed by atoms with E-state index in [0.717, 1.165) is 15.5 Å². The van der Waals surface area contributed by atoms with Crippen LogP contribution >= 0.6 is 23.4 Å². The molecule has 0 radical (unpaired) electrons. The van der Waals surface area contributed by atoms with Crippen molar-refractivity contribution in [2.45, 2.75) is 17.9 Å². The van der Waals surface area contributed by atoms with Gasteiger partial charge in [-0.2, -0.15) is 0 Å². The lowest BCUT2D eigenvalue weighted by atomic mass is 10.2. The highest BCUT2D eigenvalue weighted by Crippen LogP contribution is 2.37. The summed E-state index contributed by atoms with van der Waals surface area (Å²) in [7, 11) is -3.58. The van der Waals surface area contributed by atoms with Crippen molar-refractivity contribution in [1.82, 2.24) is 5.32 Å². The number of nitrogens with one attached hydrogen (secondary N) is 1. The Morgan fingerprint density at radius 1 is 1.29 bits per heavy atom. The van der Waals surface area contributed by atoms with Gasteiger partial charge in [-0.15, -0.1) is 11.8 Å². The summed E-state index contributed by atoms with van der Waals surface area (Å²) in [4.78, 5) is 13.6. The van der Waals surface area contributed by atoms with Crippen molar-refractivity contribution in [3.8, 4) is 5.75 Å². The number of nitrogens with zero attached hydrogens (tertiary/aromatic N) is 1. The van der Waals surface area contributed by atoms with Gasteiger partial charge in [-0.05, 0) is 37.3 Å². The van der Waals surface area contributed by atoms with E-state index in [1.807, 2.05) is 31.2 Å². The van der Waals surface area contributed by atoms with Gasteiger partial charge in [-0.25, -0.2) is 8.42 Å². The Balaban J connectivity index is 1.61. The minimum Gasteiger partial charge on any atom is -0.476 e. The van der Waals surface area contributed by atoms with E-state index in [-0.39, 0.29) is 12.5 Å². The number of carbonyl (C=O) groups is 1. The van der Waals surface area contributed by atoms with Gasteiger partial charge < -0.3 is 10.1 Å². The van der Waals surface area contributed by atoms with Gasteiger partial charge in [0.05, 0.1) is 18.5 Å². The number of sulfonamides is 1. The van der Waals surface area contributed by atoms with Crippen molar-refractivity contribution in [3.63, 3.8) is 0 Å². The average Bonchev–Trinajstić information content (AvgIpc) is 2.64. The molecular formula is C19H21ClN2O4S2. The molecule has 6 nitrogen and oxygen atoms in total. The lowest BCUT2D eigenvalue weighted by Crippen LogP contribution is -2.50. The lowest BCUT2D eigenvalue weighted by Gasteiger charge is -2.34. The smallest absolute Gasteiger partial charge is 0.263 e. The maximum absolute atomic E-state index is 12.5. The molecule has 1 aliphatic heterocycles. The zero-order valence-corrected chi connectivity index (χ0v) is 17.9. The highest BCUT2D eigenvalue weighted by molar-refractivity contribution is 7.99. The van der Waals surface area contributed by atoms with E-state index in [1.165, 1.54) is 11.6 Å². The van der Waals surface area contributed by atoms with Crippen LogP contribution in [0, 0.1) is 6.92 Å². The van der Waals surface area contributed by atoms with E-state index in [2.05, 4.69) is 5.32 Å². The lowest BCUT2D eigenvalue weighted by molar-refractivity contribution is -0.127. The Hall–Kier alpha value is -1.90. The number of rotatable bonds is 6. The maximum Gasteiger partial charge on any atom is 0.263 e. The van der Waals surface area contributed by atoms with Crippen LogP contribution in [0.5, 0.6) is 5.75 Å². The molecule has 0 saturated heterocycles. The topological polar surface area (TPSA) is 75.7 Å². The number of fused-ring (bicyclic) bond motifs is 1. The molecule has 150 valence electrons. The van der Waals surface area contributed by atoms with Crippen LogP contribution in [-0.4, -0.2) is 45.5 Å². The molecule has 0 saturated carbocycles. The number of thioether (sulfide) groups is 1. The molecule has 3 rings (SSSR count). The number of amides is 1. The SMILES string of the molecule is Cc1ccc(SCCNC(=O)[C@@H]2CN(S(C)(=O)=O)c3cc(Cl)ccc3O2)cc1. The second-order valence-corrected chi connectivity index (χ2v) is 9.98. The van der Waals surface area contributed by atoms with Crippen molar-refractivity contribution in [2.24, 2.45) is 0 Å². The van der Waals surface area contributed by atoms with Gasteiger partial charge in [0, 0.05) is 22.2 Å². The largest absolute Gasteiger partial charge is 0.476 e. The molecule has 0 fully saturated rings. The normalized spacial score (nSPS) is 16.2. The summed E-state index contributed by atoms with van der Waals surface area (Å²) in [6, 6.07) is 12.9. The predicted octanol–water partition coefficient (Wildman–Crippen LogP) is 3.08. The van der Waals surface area contributed by atoms with Crippen molar-refractivity contribution in [1.29, 1.82) is 0 Å². The van der Waals surface area contributed by atoms with Gasteiger partial charge in [0.25, 0.3) is 5.91 Å². The van der Waals surface area contributed by atoms with E-state index in [9.17, 15) is 13.2 Å². The van der Waals surface area contributed by atoms with Crippen LogP contribution in [0.1, 0.15) is 5.56 Å². The summed E-state index contributed by atoms with van der Waals surface area (Å²) in [5.74, 6) is 0.665. The van der Waals surface area contributed by atoms with Gasteiger partial charge in [0.2, 0.25) is 10.0 Å². The number of ether oxygens (including phenoxy) is 1. The van der Waals surface area contributed by atoms with E-state index < -0.39 is 16.1 Å². The Kier molecular flexibility index (Phi) is 6.42. The van der Waals surface area contributed by atoms with Gasteiger partial charge in [-0.1, -0.05) is 29.3 Å². The van der Waals surface area contributed by atoms with E-state index >= 15 is 0 Å². The summed E-state index contributed by atoms with van der Waals surface area (Å²) in [5.41, 5.74) is 1.54. The first-order valence-corrected chi connectivity index (χ1v) is 11.9. The molecule has 1 N–H and O–H groups in total. The number of carbonyl (C=O) groups excluding carboxylic acids is 1. The van der Waals surface area contributed by atoms with Crippen LogP contribution in [0.25, 0.3) is 0 Å². The van der Waals surface area contributed by atoms with Gasteiger partial charge >= 0.3 is 0 Å². The summed E-state index contributed by atoms with van der Waals surface area (Å²) >= 11 is 7.61. The maximum atomic E-state index is 12.5. The van der Waals surface area contributed by atoms with Gasteiger partial charge in [-0.3, -0.25) is 9.10 Å². The Morgan fingerprint density at radius 3 is 2.68 bits per heavy atom. The highest BCUT2D eigenvalue weighted by Gasteiger charge is 2.35. The highest BCUT2D eigenvalue weighted by atomic mass is 35.5. The standard InChI is InChI=1S/C19H21ClN2O4S2/c1-13-3-6-15(7-4-13)27-10-9-21-19(23)18-12-22(28(2,24)25)16-11-14(20)5-8-17(16)26-18/h3-8,11,18H,9-10,12H2,1-2H3,(H,21,23)/t18-/m0/s1. The monoisotopic (exact) mass is 440 g/mol. The second-order valence-electron chi connectivity index (χ2n) is 6.47. The third-order valence-corrected chi connectivity index (χ3v) is 6.57. The fourth-order valence-electron chi connectivity index (χ4n) is 2.77. The van der Waals surface area contributed by atoms with Gasteiger partial charge in [0.15, 0.2) is 6.10 Å². The van der Waals surface area contributed by atoms with Crippen molar-refractivity contribution in [2.75, 3.05) is 29.4 Å². The fraction of sp³-hybridized carbons (Fsp3) is 0.316. The van der Waals surface area contributed by atoms with Crippen LogP contribution < -0.4 is 14.4 Å². The minimum absolute atomic E-state index is 0.0941. The molecule has 2 aromatic carbocycles. The molecule has 1 amide bonds. The molecule has 0 spiro atoms. The van der Waals surface area contributed by atoms with Crippen LogP contribution in [0.15, 0.2) is 47.4 Å². The zero-order chi connectivity index (χ0) is 20.3. The summed E-state index contributed by atoms with van der Waals surface area (Å²) in [6.45, 7) is 2.39. The van der Waals surface area contributed by atoms with E-state index in [1.54, 1.807) is 23.9 Å². The van der Waals surface area contributed by atoms with E-state index in [0.29, 0.717) is 28.8 Å². The molecule has 28 heavy (non-hydrogen) atoms. The van der Waals surface area contributed by atoms with Crippen molar-refractivity contribution < 1.29 is 17.9 Å². The molecule has 0 aliphatic carbocycles. The molecular weight excluding hydrogens is 420 g/mol. The second kappa shape index (κ2) is 8.63. The molecule has 9 heteroatoms. The number of anilines is 1. The molecule has 2 aromatic rings. The van der Waals surface area contributed by atoms with Crippen molar-refractivity contribution in [3.05, 3.63) is 53.1 Å². The molecule has 0 aromatic heterocycles. The Morgan fingerprint density at radius 2 is 2.00 bits per heavy atom. The summed E-state index contributed by atoms with van der Waals surface area (Å²) in [6.07, 6.45) is 0.170. The number of benzene rings is 2.